The van der Waals surface area contributed by atoms with Crippen molar-refractivity contribution in [1.29, 1.82) is 0 Å². The summed E-state index contributed by atoms with van der Waals surface area (Å²) in [5, 5.41) is 12.8. The number of alkyl halides is 3. The van der Waals surface area contributed by atoms with Gasteiger partial charge in [-0.05, 0) is 25.0 Å². The van der Waals surface area contributed by atoms with Gasteiger partial charge in [-0.25, -0.2) is 4.98 Å². The number of hydrogen-bond acceptors (Lipinski definition) is 3. The van der Waals surface area contributed by atoms with Gasteiger partial charge in [0.05, 0.1) is 17.7 Å². The van der Waals surface area contributed by atoms with Gasteiger partial charge in [-0.3, -0.25) is 0 Å². The van der Waals surface area contributed by atoms with E-state index in [-0.39, 0.29) is 11.9 Å². The Kier molecular flexibility index (Phi) is 4.29. The molecule has 2 rings (SSSR count). The number of rotatable bonds is 2. The van der Waals surface area contributed by atoms with Gasteiger partial charge in [-0.1, -0.05) is 19.3 Å². The number of nitrogens with one attached hydrogen (secondary N) is 1. The van der Waals surface area contributed by atoms with Crippen molar-refractivity contribution in [1.82, 2.24) is 4.98 Å². The third-order valence-electron chi connectivity index (χ3n) is 3.40. The van der Waals surface area contributed by atoms with Crippen LogP contribution in [0.5, 0.6) is 0 Å². The van der Waals surface area contributed by atoms with Gasteiger partial charge < -0.3 is 10.4 Å². The number of anilines is 1. The molecule has 0 aliphatic heterocycles. The molecule has 1 aromatic heterocycles. The maximum Gasteiger partial charge on any atom is 0.416 e. The predicted molar refractivity (Wildman–Crippen MR) is 65.7 cm³/mol. The van der Waals surface area contributed by atoms with Crippen LogP contribution in [-0.4, -0.2) is 22.2 Å². The Morgan fingerprint density at radius 1 is 1.21 bits per heavy atom. The highest BCUT2D eigenvalue weighted by Crippen LogP contribution is 2.30. The highest BCUT2D eigenvalue weighted by Gasteiger charge is 2.31. The van der Waals surface area contributed by atoms with E-state index in [0.29, 0.717) is 6.42 Å². The van der Waals surface area contributed by atoms with Gasteiger partial charge in [0, 0.05) is 6.20 Å². The molecule has 1 heterocycles. The lowest BCUT2D eigenvalue weighted by Crippen LogP contribution is -2.32. The molecule has 0 spiro atoms. The third kappa shape index (κ3) is 3.83. The Balaban J connectivity index is 2.09. The molecule has 0 saturated heterocycles. The van der Waals surface area contributed by atoms with Crippen molar-refractivity contribution in [3.8, 4) is 0 Å². The zero-order valence-corrected chi connectivity index (χ0v) is 10.5. The molecule has 106 valence electrons. The van der Waals surface area contributed by atoms with Gasteiger partial charge in [0.2, 0.25) is 0 Å². The topological polar surface area (TPSA) is 45.1 Å². The Morgan fingerprint density at radius 3 is 2.68 bits per heavy atom. The standard InChI is InChI=1S/C13H17F3N2O/c14-13(15,16)9-6-7-17-12(8-9)18-10-4-2-1-3-5-11(10)19/h6-8,10-11,19H,1-5H2,(H,17,18). The highest BCUT2D eigenvalue weighted by molar-refractivity contribution is 5.39. The Bertz CT molecular complexity index is 423. The SMILES string of the molecule is OC1CCCCCC1Nc1cc(C(F)(F)F)ccn1. The summed E-state index contributed by atoms with van der Waals surface area (Å²) in [6.45, 7) is 0. The minimum Gasteiger partial charge on any atom is -0.391 e. The summed E-state index contributed by atoms with van der Waals surface area (Å²) in [7, 11) is 0. The zero-order chi connectivity index (χ0) is 13.9. The molecule has 0 amide bonds. The number of aromatic nitrogens is 1. The van der Waals surface area contributed by atoms with Crippen molar-refractivity contribution < 1.29 is 18.3 Å². The highest BCUT2D eigenvalue weighted by atomic mass is 19.4. The Hall–Kier alpha value is -1.30. The van der Waals surface area contributed by atoms with E-state index in [9.17, 15) is 18.3 Å². The zero-order valence-electron chi connectivity index (χ0n) is 10.5. The first-order valence-electron chi connectivity index (χ1n) is 6.44. The maximum atomic E-state index is 12.6. The van der Waals surface area contributed by atoms with Crippen molar-refractivity contribution in [2.75, 3.05) is 5.32 Å². The first kappa shape index (κ1) is 14.1. The molecule has 1 aliphatic carbocycles. The summed E-state index contributed by atoms with van der Waals surface area (Å²) in [6, 6.07) is 1.70. The molecule has 0 radical (unpaired) electrons. The lowest BCUT2D eigenvalue weighted by Gasteiger charge is -2.22. The smallest absolute Gasteiger partial charge is 0.391 e. The van der Waals surface area contributed by atoms with Crippen molar-refractivity contribution in [2.45, 2.75) is 50.4 Å². The van der Waals surface area contributed by atoms with Gasteiger partial charge in [0.15, 0.2) is 0 Å². The van der Waals surface area contributed by atoms with Crippen LogP contribution in [0.4, 0.5) is 19.0 Å². The number of halogens is 3. The summed E-state index contributed by atoms with van der Waals surface area (Å²) in [5.74, 6) is 0.167. The van der Waals surface area contributed by atoms with Crippen LogP contribution in [0.1, 0.15) is 37.7 Å². The molecule has 2 unspecified atom stereocenters. The number of aliphatic hydroxyl groups is 1. The summed E-state index contributed by atoms with van der Waals surface area (Å²) < 4.78 is 37.7. The summed E-state index contributed by atoms with van der Waals surface area (Å²) in [4.78, 5) is 3.89. The number of pyridine rings is 1. The van der Waals surface area contributed by atoms with Gasteiger partial charge in [-0.2, -0.15) is 13.2 Å². The van der Waals surface area contributed by atoms with Crippen LogP contribution >= 0.6 is 0 Å². The maximum absolute atomic E-state index is 12.6. The minimum atomic E-state index is -4.37. The molecule has 0 bridgehead atoms. The van der Waals surface area contributed by atoms with E-state index in [1.807, 2.05) is 0 Å². The molecule has 6 heteroatoms. The van der Waals surface area contributed by atoms with Gasteiger partial charge in [0.1, 0.15) is 5.82 Å². The van der Waals surface area contributed by atoms with Crippen LogP contribution in [0.25, 0.3) is 0 Å². The normalized spacial score (nSPS) is 24.8. The van der Waals surface area contributed by atoms with Crippen LogP contribution in [0.2, 0.25) is 0 Å². The fourth-order valence-electron chi connectivity index (χ4n) is 2.33. The molecular formula is C13H17F3N2O. The van der Waals surface area contributed by atoms with E-state index >= 15 is 0 Å². The fraction of sp³-hybridized carbons (Fsp3) is 0.615. The monoisotopic (exact) mass is 274 g/mol. The first-order chi connectivity index (χ1) is 8.97. The van der Waals surface area contributed by atoms with E-state index in [1.165, 1.54) is 0 Å². The van der Waals surface area contributed by atoms with Crippen LogP contribution in [-0.2, 0) is 6.18 Å². The molecular weight excluding hydrogens is 257 g/mol. The van der Waals surface area contributed by atoms with Crippen molar-refractivity contribution in [2.24, 2.45) is 0 Å². The molecule has 1 saturated carbocycles. The number of hydrogen-bond donors (Lipinski definition) is 2. The first-order valence-corrected chi connectivity index (χ1v) is 6.44. The van der Waals surface area contributed by atoms with Crippen molar-refractivity contribution in [3.05, 3.63) is 23.9 Å². The van der Waals surface area contributed by atoms with Crippen molar-refractivity contribution >= 4 is 5.82 Å². The molecule has 2 N–H and O–H groups in total. The van der Waals surface area contributed by atoms with Gasteiger partial charge in [-0.15, -0.1) is 0 Å². The average molecular weight is 274 g/mol. The number of aliphatic hydroxyl groups excluding tert-OH is 1. The second kappa shape index (κ2) is 5.77. The molecule has 2 atom stereocenters. The molecule has 1 aromatic rings. The quantitative estimate of drug-likeness (QED) is 0.814. The minimum absolute atomic E-state index is 0.167. The van der Waals surface area contributed by atoms with E-state index in [1.54, 1.807) is 0 Å². The number of nitrogens with zero attached hydrogens (tertiary/aromatic N) is 1. The van der Waals surface area contributed by atoms with Crippen LogP contribution in [0.15, 0.2) is 18.3 Å². The lowest BCUT2D eigenvalue weighted by atomic mass is 10.1. The second-order valence-corrected chi connectivity index (χ2v) is 4.88. The Morgan fingerprint density at radius 2 is 1.95 bits per heavy atom. The van der Waals surface area contributed by atoms with E-state index in [2.05, 4.69) is 10.3 Å². The van der Waals surface area contributed by atoms with E-state index < -0.39 is 17.8 Å². The largest absolute Gasteiger partial charge is 0.416 e. The summed E-state index contributed by atoms with van der Waals surface area (Å²) >= 11 is 0. The molecule has 1 aliphatic rings. The summed E-state index contributed by atoms with van der Waals surface area (Å²) in [5.41, 5.74) is -0.729. The lowest BCUT2D eigenvalue weighted by molar-refractivity contribution is -0.137. The van der Waals surface area contributed by atoms with E-state index in [4.69, 9.17) is 0 Å². The molecule has 0 aromatic carbocycles. The van der Waals surface area contributed by atoms with Crippen LogP contribution < -0.4 is 5.32 Å². The Labute approximate surface area is 109 Å². The predicted octanol–water partition coefficient (Wildman–Crippen LogP) is 3.21. The third-order valence-corrected chi connectivity index (χ3v) is 3.40. The van der Waals surface area contributed by atoms with Crippen molar-refractivity contribution in [3.63, 3.8) is 0 Å². The molecule has 3 nitrogen and oxygen atoms in total. The molecule has 1 fully saturated rings. The van der Waals surface area contributed by atoms with Gasteiger partial charge >= 0.3 is 6.18 Å². The van der Waals surface area contributed by atoms with Crippen LogP contribution in [0, 0.1) is 0 Å². The van der Waals surface area contributed by atoms with Crippen LogP contribution in [0.3, 0.4) is 0 Å². The average Bonchev–Trinajstić information content (AvgIpc) is 2.54. The second-order valence-electron chi connectivity index (χ2n) is 4.88. The van der Waals surface area contributed by atoms with Gasteiger partial charge in [0.25, 0.3) is 0 Å². The fourth-order valence-corrected chi connectivity index (χ4v) is 2.33. The van der Waals surface area contributed by atoms with E-state index in [0.717, 1.165) is 44.0 Å². The summed E-state index contributed by atoms with van der Waals surface area (Å²) in [6.07, 6.45) is 0.624. The molecule has 19 heavy (non-hydrogen) atoms.